The predicted octanol–water partition coefficient (Wildman–Crippen LogP) is 1.07. The number of hydrogen-bond donors (Lipinski definition) is 3. The van der Waals surface area contributed by atoms with Crippen LogP contribution in [-0.4, -0.2) is 50.2 Å². The van der Waals surface area contributed by atoms with Crippen molar-refractivity contribution in [3.63, 3.8) is 0 Å². The van der Waals surface area contributed by atoms with E-state index in [0.717, 1.165) is 18.5 Å². The Kier molecular flexibility index (Phi) is 5.89. The van der Waals surface area contributed by atoms with Crippen molar-refractivity contribution in [3.05, 3.63) is 59.7 Å². The highest BCUT2D eigenvalue weighted by Gasteiger charge is 2.26. The average molecular weight is 394 g/mol. The quantitative estimate of drug-likeness (QED) is 0.681. The van der Waals surface area contributed by atoms with Crippen LogP contribution in [0.5, 0.6) is 0 Å². The zero-order chi connectivity index (χ0) is 20.2. The van der Waals surface area contributed by atoms with Crippen molar-refractivity contribution in [2.75, 3.05) is 36.5 Å². The molecule has 29 heavy (non-hydrogen) atoms. The van der Waals surface area contributed by atoms with Crippen LogP contribution in [-0.2, 0) is 27.2 Å². The number of carbonyl (C=O) groups is 2. The molecule has 1 fully saturated rings. The molecule has 7 nitrogen and oxygen atoms in total. The Morgan fingerprint density at radius 2 is 1.83 bits per heavy atom. The minimum absolute atomic E-state index is 0.0574. The predicted molar refractivity (Wildman–Crippen MR) is 112 cm³/mol. The Labute approximate surface area is 170 Å². The topological polar surface area (TPSA) is 96.7 Å². The molecular weight excluding hydrogens is 368 g/mol. The molecule has 1 aliphatic carbocycles. The van der Waals surface area contributed by atoms with Gasteiger partial charge in [-0.15, -0.1) is 0 Å². The lowest BCUT2D eigenvalue weighted by molar-refractivity contribution is -0.125. The number of nitrogens with two attached hydrogens (primary N) is 1. The molecule has 152 valence electrons. The maximum Gasteiger partial charge on any atom is 0.253 e. The third-order valence-electron chi connectivity index (χ3n) is 5.47. The van der Waals surface area contributed by atoms with E-state index >= 15 is 0 Å². The lowest BCUT2D eigenvalue weighted by Gasteiger charge is -2.27. The van der Waals surface area contributed by atoms with Crippen LogP contribution >= 0.6 is 0 Å². The summed E-state index contributed by atoms with van der Waals surface area (Å²) in [5.74, 6) is -0.211. The summed E-state index contributed by atoms with van der Waals surface area (Å²) >= 11 is 0. The smallest absolute Gasteiger partial charge is 0.253 e. The van der Waals surface area contributed by atoms with Crippen molar-refractivity contribution >= 4 is 23.2 Å². The van der Waals surface area contributed by atoms with E-state index in [9.17, 15) is 9.59 Å². The number of carbonyl (C=O) groups excluding carboxylic acids is 2. The molecule has 1 atom stereocenters. The summed E-state index contributed by atoms with van der Waals surface area (Å²) < 4.78 is 5.16. The summed E-state index contributed by atoms with van der Waals surface area (Å²) in [6.07, 6.45) is 1.81. The van der Waals surface area contributed by atoms with Crippen LogP contribution in [0.2, 0.25) is 0 Å². The van der Waals surface area contributed by atoms with E-state index in [1.807, 2.05) is 24.3 Å². The normalized spacial score (nSPS) is 17.8. The number of anilines is 2. The van der Waals surface area contributed by atoms with Crippen LogP contribution in [0, 0.1) is 0 Å². The summed E-state index contributed by atoms with van der Waals surface area (Å²) in [4.78, 5) is 26.3. The van der Waals surface area contributed by atoms with Crippen molar-refractivity contribution in [1.29, 1.82) is 0 Å². The molecule has 0 bridgehead atoms. The number of hydrogen-bond acceptors (Lipinski definition) is 5. The maximum absolute atomic E-state index is 12.7. The third-order valence-corrected chi connectivity index (χ3v) is 5.47. The van der Waals surface area contributed by atoms with Crippen LogP contribution in [0.1, 0.15) is 11.1 Å². The fraction of sp³-hybridized carbons (Fsp3) is 0.364. The standard InChI is InChI=1S/C22H26N4O3/c23-13-20(24-18-11-15-3-1-2-4-16(15)12-18)22(28)25-17-5-7-19(8-6-17)26-9-10-29-14-21(26)27/h1-8,18,20,24H,9-14,23H2,(H,25,28)/t20-/m0/s1. The van der Waals surface area contributed by atoms with Gasteiger partial charge >= 0.3 is 0 Å². The van der Waals surface area contributed by atoms with Crippen molar-refractivity contribution in [1.82, 2.24) is 5.32 Å². The van der Waals surface area contributed by atoms with Crippen LogP contribution in [0.4, 0.5) is 11.4 Å². The first-order valence-electron chi connectivity index (χ1n) is 9.96. The number of nitrogens with zero attached hydrogens (tertiary/aromatic N) is 1. The van der Waals surface area contributed by atoms with E-state index in [4.69, 9.17) is 10.5 Å². The number of nitrogens with one attached hydrogen (secondary N) is 2. The molecule has 0 radical (unpaired) electrons. The van der Waals surface area contributed by atoms with Crippen LogP contribution in [0.3, 0.4) is 0 Å². The Balaban J connectivity index is 1.34. The fourth-order valence-electron chi connectivity index (χ4n) is 3.96. The summed E-state index contributed by atoms with van der Waals surface area (Å²) in [6, 6.07) is 15.4. The van der Waals surface area contributed by atoms with E-state index in [0.29, 0.717) is 18.8 Å². The van der Waals surface area contributed by atoms with E-state index in [1.54, 1.807) is 17.0 Å². The lowest BCUT2D eigenvalue weighted by atomic mass is 10.1. The van der Waals surface area contributed by atoms with Crippen molar-refractivity contribution in [3.8, 4) is 0 Å². The van der Waals surface area contributed by atoms with Crippen LogP contribution in [0.25, 0.3) is 0 Å². The molecule has 1 aliphatic heterocycles. The molecule has 1 saturated heterocycles. The van der Waals surface area contributed by atoms with Crippen molar-refractivity contribution in [2.24, 2.45) is 5.73 Å². The Hall–Kier alpha value is -2.74. The second kappa shape index (κ2) is 8.73. The van der Waals surface area contributed by atoms with Gasteiger partial charge in [-0.2, -0.15) is 0 Å². The number of benzene rings is 2. The molecule has 1 heterocycles. The van der Waals surface area contributed by atoms with Gasteiger partial charge in [0.15, 0.2) is 0 Å². The maximum atomic E-state index is 12.7. The highest BCUT2D eigenvalue weighted by Crippen LogP contribution is 2.22. The van der Waals surface area contributed by atoms with E-state index < -0.39 is 6.04 Å². The monoisotopic (exact) mass is 394 g/mol. The molecule has 0 saturated carbocycles. The average Bonchev–Trinajstić information content (AvgIpc) is 3.15. The number of ether oxygens (including phenoxy) is 1. The molecule has 2 amide bonds. The Morgan fingerprint density at radius 1 is 1.14 bits per heavy atom. The van der Waals surface area contributed by atoms with E-state index in [-0.39, 0.29) is 31.0 Å². The van der Waals surface area contributed by atoms with Crippen molar-refractivity contribution < 1.29 is 14.3 Å². The summed E-state index contributed by atoms with van der Waals surface area (Å²) in [5.41, 5.74) is 10.00. The van der Waals surface area contributed by atoms with Gasteiger partial charge in [-0.05, 0) is 48.2 Å². The van der Waals surface area contributed by atoms with Crippen LogP contribution < -0.4 is 21.3 Å². The molecule has 2 aromatic carbocycles. The summed E-state index contributed by atoms with van der Waals surface area (Å²) in [6.45, 7) is 1.39. The molecule has 2 aliphatic rings. The molecule has 0 unspecified atom stereocenters. The Bertz CT molecular complexity index is 859. The SMILES string of the molecule is NC[C@H](NC1Cc2ccccc2C1)C(=O)Nc1ccc(N2CCOCC2=O)cc1. The molecule has 2 aromatic rings. The van der Waals surface area contributed by atoms with Gasteiger partial charge in [0.2, 0.25) is 5.91 Å². The Morgan fingerprint density at radius 3 is 2.45 bits per heavy atom. The first kappa shape index (κ1) is 19.6. The van der Waals surface area contributed by atoms with Gasteiger partial charge in [0.25, 0.3) is 5.91 Å². The van der Waals surface area contributed by atoms with Gasteiger partial charge in [0.05, 0.1) is 12.6 Å². The number of amides is 2. The third kappa shape index (κ3) is 4.48. The molecule has 4 N–H and O–H groups in total. The minimum Gasteiger partial charge on any atom is -0.370 e. The lowest BCUT2D eigenvalue weighted by Crippen LogP contribution is -2.50. The largest absolute Gasteiger partial charge is 0.370 e. The number of fused-ring (bicyclic) bond motifs is 1. The number of rotatable bonds is 6. The summed E-state index contributed by atoms with van der Waals surface area (Å²) in [5, 5.41) is 6.32. The van der Waals surface area contributed by atoms with Gasteiger partial charge in [-0.1, -0.05) is 24.3 Å². The second-order valence-electron chi connectivity index (χ2n) is 7.46. The van der Waals surface area contributed by atoms with Gasteiger partial charge in [-0.25, -0.2) is 0 Å². The summed E-state index contributed by atoms with van der Waals surface area (Å²) in [7, 11) is 0. The molecule has 0 spiro atoms. The van der Waals surface area contributed by atoms with E-state index in [2.05, 4.69) is 22.8 Å². The zero-order valence-corrected chi connectivity index (χ0v) is 16.3. The van der Waals surface area contributed by atoms with Gasteiger partial charge in [0, 0.05) is 30.5 Å². The molecule has 7 heteroatoms. The van der Waals surface area contributed by atoms with Gasteiger partial charge in [0.1, 0.15) is 6.61 Å². The minimum atomic E-state index is -0.463. The number of morpholine rings is 1. The van der Waals surface area contributed by atoms with Crippen LogP contribution in [0.15, 0.2) is 48.5 Å². The molecule has 0 aromatic heterocycles. The highest BCUT2D eigenvalue weighted by atomic mass is 16.5. The van der Waals surface area contributed by atoms with Crippen molar-refractivity contribution in [2.45, 2.75) is 24.9 Å². The first-order chi connectivity index (χ1) is 14.1. The van der Waals surface area contributed by atoms with Gasteiger partial charge < -0.3 is 26.0 Å². The molecular formula is C22H26N4O3. The first-order valence-corrected chi connectivity index (χ1v) is 9.96. The van der Waals surface area contributed by atoms with Gasteiger partial charge in [-0.3, -0.25) is 9.59 Å². The second-order valence-corrected chi connectivity index (χ2v) is 7.46. The molecule has 4 rings (SSSR count). The zero-order valence-electron chi connectivity index (χ0n) is 16.3. The van der Waals surface area contributed by atoms with E-state index in [1.165, 1.54) is 11.1 Å². The highest BCUT2D eigenvalue weighted by molar-refractivity contribution is 5.97. The fourth-order valence-corrected chi connectivity index (χ4v) is 3.96.